The standard InChI is InChI=1S/C18H31N5S2/c1-14-15(2)25-16(22-14)12-20-17(19-3)21-13-18(6-4-5-7-18)23-8-10-24-11-9-23/h4-13H2,1-3H3,(H2,19,20,21). The molecule has 2 aliphatic rings. The zero-order valence-electron chi connectivity index (χ0n) is 15.7. The molecule has 7 heteroatoms. The van der Waals surface area contributed by atoms with Crippen molar-refractivity contribution < 1.29 is 0 Å². The van der Waals surface area contributed by atoms with Gasteiger partial charge in [-0.05, 0) is 26.7 Å². The van der Waals surface area contributed by atoms with Gasteiger partial charge in [-0.15, -0.1) is 11.3 Å². The van der Waals surface area contributed by atoms with Crippen LogP contribution in [0.2, 0.25) is 0 Å². The van der Waals surface area contributed by atoms with Crippen molar-refractivity contribution in [3.8, 4) is 0 Å². The average molecular weight is 382 g/mol. The minimum absolute atomic E-state index is 0.326. The molecule has 0 amide bonds. The maximum Gasteiger partial charge on any atom is 0.191 e. The Labute approximate surface area is 160 Å². The fourth-order valence-electron chi connectivity index (χ4n) is 3.92. The monoisotopic (exact) mass is 381 g/mol. The molecular weight excluding hydrogens is 350 g/mol. The van der Waals surface area contributed by atoms with Crippen molar-refractivity contribution in [2.45, 2.75) is 51.6 Å². The number of aryl methyl sites for hydroxylation is 2. The first-order chi connectivity index (χ1) is 12.1. The topological polar surface area (TPSA) is 52.6 Å². The van der Waals surface area contributed by atoms with E-state index in [0.717, 1.165) is 29.8 Å². The molecule has 0 radical (unpaired) electrons. The number of nitrogens with zero attached hydrogens (tertiary/aromatic N) is 3. The number of hydrogen-bond acceptors (Lipinski definition) is 5. The van der Waals surface area contributed by atoms with Crippen molar-refractivity contribution in [2.75, 3.05) is 38.2 Å². The first-order valence-electron chi connectivity index (χ1n) is 9.33. The molecule has 3 rings (SSSR count). The Balaban J connectivity index is 1.55. The normalized spacial score (nSPS) is 21.5. The number of thioether (sulfide) groups is 1. The Hall–Kier alpha value is -0.790. The highest BCUT2D eigenvalue weighted by atomic mass is 32.2. The number of aliphatic imine (C=N–C) groups is 1. The van der Waals surface area contributed by atoms with Crippen LogP contribution in [-0.4, -0.2) is 59.6 Å². The van der Waals surface area contributed by atoms with E-state index in [0.29, 0.717) is 5.54 Å². The summed E-state index contributed by atoms with van der Waals surface area (Å²) in [6.45, 7) is 8.40. The van der Waals surface area contributed by atoms with Crippen molar-refractivity contribution in [2.24, 2.45) is 4.99 Å². The molecule has 0 bridgehead atoms. The Morgan fingerprint density at radius 1 is 1.20 bits per heavy atom. The number of thiazole rings is 1. The molecule has 140 valence electrons. The minimum Gasteiger partial charge on any atom is -0.355 e. The number of hydrogen-bond donors (Lipinski definition) is 2. The van der Waals surface area contributed by atoms with E-state index >= 15 is 0 Å². The molecule has 1 aromatic rings. The number of guanidine groups is 1. The van der Waals surface area contributed by atoms with Gasteiger partial charge in [0.15, 0.2) is 5.96 Å². The molecule has 25 heavy (non-hydrogen) atoms. The number of aromatic nitrogens is 1. The fourth-order valence-corrected chi connectivity index (χ4v) is 5.70. The van der Waals surface area contributed by atoms with Crippen molar-refractivity contribution in [3.05, 3.63) is 15.6 Å². The van der Waals surface area contributed by atoms with Gasteiger partial charge in [0.05, 0.1) is 12.2 Å². The molecule has 2 N–H and O–H groups in total. The van der Waals surface area contributed by atoms with E-state index in [1.165, 1.54) is 55.2 Å². The third-order valence-electron chi connectivity index (χ3n) is 5.50. The predicted molar refractivity (Wildman–Crippen MR) is 110 cm³/mol. The fraction of sp³-hybridized carbons (Fsp3) is 0.778. The van der Waals surface area contributed by atoms with E-state index in [4.69, 9.17) is 0 Å². The lowest BCUT2D eigenvalue weighted by atomic mass is 9.94. The van der Waals surface area contributed by atoms with Gasteiger partial charge in [0.1, 0.15) is 5.01 Å². The molecule has 5 nitrogen and oxygen atoms in total. The second kappa shape index (κ2) is 8.73. The van der Waals surface area contributed by atoms with Gasteiger partial charge < -0.3 is 10.6 Å². The van der Waals surface area contributed by atoms with Gasteiger partial charge in [0.2, 0.25) is 0 Å². The summed E-state index contributed by atoms with van der Waals surface area (Å²) in [4.78, 5) is 13.1. The van der Waals surface area contributed by atoms with Crippen molar-refractivity contribution in [1.82, 2.24) is 20.5 Å². The predicted octanol–water partition coefficient (Wildman–Crippen LogP) is 2.79. The highest BCUT2D eigenvalue weighted by Gasteiger charge is 2.39. The summed E-state index contributed by atoms with van der Waals surface area (Å²) in [7, 11) is 1.85. The molecule has 2 fully saturated rings. The van der Waals surface area contributed by atoms with E-state index in [1.54, 1.807) is 11.3 Å². The van der Waals surface area contributed by atoms with E-state index in [9.17, 15) is 0 Å². The maximum atomic E-state index is 4.60. The van der Waals surface area contributed by atoms with Crippen LogP contribution in [0, 0.1) is 13.8 Å². The van der Waals surface area contributed by atoms with Crippen LogP contribution in [0.4, 0.5) is 0 Å². The van der Waals surface area contributed by atoms with Gasteiger partial charge in [-0.1, -0.05) is 12.8 Å². The Morgan fingerprint density at radius 2 is 1.92 bits per heavy atom. The summed E-state index contributed by atoms with van der Waals surface area (Å²) in [5, 5.41) is 8.17. The van der Waals surface area contributed by atoms with Crippen LogP contribution in [0.25, 0.3) is 0 Å². The van der Waals surface area contributed by atoms with E-state index in [2.05, 4.69) is 51.1 Å². The molecule has 1 aliphatic heterocycles. The van der Waals surface area contributed by atoms with Crippen molar-refractivity contribution in [3.63, 3.8) is 0 Å². The van der Waals surface area contributed by atoms with Crippen LogP contribution in [0.1, 0.15) is 41.3 Å². The smallest absolute Gasteiger partial charge is 0.191 e. The molecule has 0 spiro atoms. The molecule has 2 heterocycles. The second-order valence-corrected chi connectivity index (χ2v) is 9.57. The Bertz CT molecular complexity index is 567. The van der Waals surface area contributed by atoms with Gasteiger partial charge in [0.25, 0.3) is 0 Å². The third kappa shape index (κ3) is 4.68. The van der Waals surface area contributed by atoms with Gasteiger partial charge in [-0.2, -0.15) is 11.8 Å². The molecular formula is C18H31N5S2. The van der Waals surface area contributed by atoms with Crippen molar-refractivity contribution in [1.29, 1.82) is 0 Å². The summed E-state index contributed by atoms with van der Waals surface area (Å²) in [5.41, 5.74) is 1.46. The van der Waals surface area contributed by atoms with Crippen LogP contribution in [0.3, 0.4) is 0 Å². The maximum absolute atomic E-state index is 4.60. The van der Waals surface area contributed by atoms with Crippen molar-refractivity contribution >= 4 is 29.1 Å². The average Bonchev–Trinajstić information content (AvgIpc) is 3.24. The second-order valence-electron chi connectivity index (χ2n) is 7.06. The summed E-state index contributed by atoms with van der Waals surface area (Å²) in [6, 6.07) is 0. The Kier molecular flexibility index (Phi) is 6.63. The summed E-state index contributed by atoms with van der Waals surface area (Å²) in [6.07, 6.45) is 5.34. The zero-order valence-corrected chi connectivity index (χ0v) is 17.4. The summed E-state index contributed by atoms with van der Waals surface area (Å²) >= 11 is 3.86. The van der Waals surface area contributed by atoms with E-state index in [-0.39, 0.29) is 0 Å². The van der Waals surface area contributed by atoms with E-state index in [1.807, 2.05) is 7.05 Å². The molecule has 0 atom stereocenters. The quantitative estimate of drug-likeness (QED) is 0.607. The van der Waals surface area contributed by atoms with Gasteiger partial charge in [-0.25, -0.2) is 4.98 Å². The first kappa shape index (κ1) is 19.0. The van der Waals surface area contributed by atoms with Gasteiger partial charge in [0, 0.05) is 48.6 Å². The van der Waals surface area contributed by atoms with Crippen LogP contribution in [0.15, 0.2) is 4.99 Å². The lowest BCUT2D eigenvalue weighted by molar-refractivity contribution is 0.107. The van der Waals surface area contributed by atoms with Crippen LogP contribution in [0.5, 0.6) is 0 Å². The summed E-state index contributed by atoms with van der Waals surface area (Å²) in [5.74, 6) is 3.44. The molecule has 1 saturated carbocycles. The van der Waals surface area contributed by atoms with Crippen LogP contribution >= 0.6 is 23.1 Å². The molecule has 1 saturated heterocycles. The van der Waals surface area contributed by atoms with Crippen LogP contribution < -0.4 is 10.6 Å². The zero-order chi connectivity index (χ0) is 17.7. The van der Waals surface area contributed by atoms with E-state index < -0.39 is 0 Å². The highest BCUT2D eigenvalue weighted by Crippen LogP contribution is 2.36. The number of rotatable bonds is 5. The van der Waals surface area contributed by atoms with Gasteiger partial charge >= 0.3 is 0 Å². The summed E-state index contributed by atoms with van der Waals surface area (Å²) < 4.78 is 0. The van der Waals surface area contributed by atoms with Crippen LogP contribution in [-0.2, 0) is 6.54 Å². The Morgan fingerprint density at radius 3 is 2.52 bits per heavy atom. The highest BCUT2D eigenvalue weighted by molar-refractivity contribution is 7.99. The molecule has 0 aromatic carbocycles. The largest absolute Gasteiger partial charge is 0.355 e. The molecule has 1 aliphatic carbocycles. The third-order valence-corrected chi connectivity index (χ3v) is 7.52. The molecule has 1 aromatic heterocycles. The first-order valence-corrected chi connectivity index (χ1v) is 11.3. The van der Waals surface area contributed by atoms with Gasteiger partial charge in [-0.3, -0.25) is 9.89 Å². The molecule has 0 unspecified atom stereocenters. The lowest BCUT2D eigenvalue weighted by Crippen LogP contribution is -2.57. The number of nitrogens with one attached hydrogen (secondary N) is 2. The SMILES string of the molecule is CN=C(NCc1nc(C)c(C)s1)NCC1(N2CCSCC2)CCCC1. The lowest BCUT2D eigenvalue weighted by Gasteiger charge is -2.43. The minimum atomic E-state index is 0.326.